The summed E-state index contributed by atoms with van der Waals surface area (Å²) in [5, 5.41) is 5.49. The van der Waals surface area contributed by atoms with Crippen LogP contribution in [-0.4, -0.2) is 42.8 Å². The molecule has 1 aliphatic heterocycles. The summed E-state index contributed by atoms with van der Waals surface area (Å²) in [6.45, 7) is 1.22. The average molecular weight is 442 g/mol. The van der Waals surface area contributed by atoms with Crippen LogP contribution in [0, 0.1) is 0 Å². The Morgan fingerprint density at radius 3 is 2.33 bits per heavy atom. The van der Waals surface area contributed by atoms with E-state index in [1.54, 1.807) is 0 Å². The summed E-state index contributed by atoms with van der Waals surface area (Å²) in [4.78, 5) is 4.99. The largest absolute Gasteiger partial charge is 0.468 e. The van der Waals surface area contributed by atoms with Gasteiger partial charge in [0.05, 0.1) is 22.1 Å². The number of halogens is 7. The van der Waals surface area contributed by atoms with Gasteiger partial charge in [0.25, 0.3) is 0 Å². The van der Waals surface area contributed by atoms with Crippen LogP contribution in [0.2, 0.25) is 0 Å². The zero-order valence-corrected chi connectivity index (χ0v) is 15.7. The molecule has 0 aliphatic carbocycles. The number of aryl methyl sites for hydroxylation is 1. The van der Waals surface area contributed by atoms with E-state index in [1.165, 1.54) is 13.8 Å². The van der Waals surface area contributed by atoms with E-state index in [9.17, 15) is 30.6 Å². The van der Waals surface area contributed by atoms with E-state index in [1.807, 2.05) is 0 Å². The monoisotopic (exact) mass is 441 g/mol. The molecule has 0 saturated heterocycles. The highest BCUT2D eigenvalue weighted by Gasteiger charge is 2.45. The lowest BCUT2D eigenvalue weighted by Crippen LogP contribution is -2.35. The molecular formula is C13H14ClF6N3O3S. The molecule has 0 N–H and O–H groups in total. The van der Waals surface area contributed by atoms with Crippen molar-refractivity contribution in [3.05, 3.63) is 11.3 Å². The van der Waals surface area contributed by atoms with E-state index in [2.05, 4.69) is 15.0 Å². The van der Waals surface area contributed by atoms with Crippen molar-refractivity contribution in [1.82, 2.24) is 9.78 Å². The van der Waals surface area contributed by atoms with Crippen molar-refractivity contribution in [3.63, 3.8) is 0 Å². The van der Waals surface area contributed by atoms with Gasteiger partial charge in [-0.15, -0.1) is 11.6 Å². The van der Waals surface area contributed by atoms with Gasteiger partial charge in [0.15, 0.2) is 22.9 Å². The molecule has 0 spiro atoms. The maximum Gasteiger partial charge on any atom is 0.435 e. The van der Waals surface area contributed by atoms with Gasteiger partial charge in [-0.2, -0.15) is 31.4 Å². The lowest BCUT2D eigenvalue weighted by Gasteiger charge is -2.19. The molecule has 0 aromatic carbocycles. The highest BCUT2D eigenvalue weighted by molar-refractivity contribution is 8.00. The average Bonchev–Trinajstić information content (AvgIpc) is 2.93. The standard InChI is InChI=1S/C13H14ClF6N3O3S/c1-11(2)7(14)9(22-26-11)27(24)4-6-8(13(18,19)20)21-23(3)10(6)25-5-12(15,16)17/h7H,4-5H2,1-3H3. The molecule has 2 unspecified atom stereocenters. The van der Waals surface area contributed by atoms with Crippen molar-refractivity contribution >= 4 is 27.4 Å². The Bertz CT molecular complexity index is 775. The van der Waals surface area contributed by atoms with Crippen LogP contribution in [0.3, 0.4) is 0 Å². The number of hydrogen-bond acceptors (Lipinski definition) is 5. The second-order valence-electron chi connectivity index (χ2n) is 6.13. The number of alkyl halides is 7. The van der Waals surface area contributed by atoms with Crippen molar-refractivity contribution < 1.29 is 40.1 Å². The molecule has 6 nitrogen and oxygen atoms in total. The summed E-state index contributed by atoms with van der Waals surface area (Å²) >= 11 is 6.05. The van der Waals surface area contributed by atoms with Crippen LogP contribution in [0.5, 0.6) is 5.88 Å². The van der Waals surface area contributed by atoms with Crippen LogP contribution < -0.4 is 4.74 Å². The van der Waals surface area contributed by atoms with Gasteiger partial charge < -0.3 is 9.57 Å². The molecule has 1 aromatic rings. The molecular weight excluding hydrogens is 428 g/mol. The van der Waals surface area contributed by atoms with E-state index in [0.717, 1.165) is 7.05 Å². The first-order valence-corrected chi connectivity index (χ1v) is 9.00. The lowest BCUT2D eigenvalue weighted by molar-refractivity contribution is -0.154. The molecule has 1 aromatic heterocycles. The summed E-state index contributed by atoms with van der Waals surface area (Å²) in [5.41, 5.74) is -3.33. The van der Waals surface area contributed by atoms with Crippen molar-refractivity contribution in [1.29, 1.82) is 0 Å². The number of oxime groups is 1. The van der Waals surface area contributed by atoms with Crippen molar-refractivity contribution in [2.75, 3.05) is 6.61 Å². The molecule has 1 aliphatic rings. The van der Waals surface area contributed by atoms with Gasteiger partial charge in [-0.3, -0.25) is 4.21 Å². The smallest absolute Gasteiger partial charge is 0.435 e. The van der Waals surface area contributed by atoms with E-state index >= 15 is 0 Å². The van der Waals surface area contributed by atoms with Crippen LogP contribution in [0.1, 0.15) is 25.1 Å². The van der Waals surface area contributed by atoms with Gasteiger partial charge in [0.1, 0.15) is 5.38 Å². The third-order valence-electron chi connectivity index (χ3n) is 3.44. The first-order valence-electron chi connectivity index (χ1n) is 7.24. The summed E-state index contributed by atoms with van der Waals surface area (Å²) in [7, 11) is -1.23. The third-order valence-corrected chi connectivity index (χ3v) is 5.62. The first-order chi connectivity index (χ1) is 12.1. The Kier molecular flexibility index (Phi) is 5.77. The lowest BCUT2D eigenvalue weighted by atomic mass is 10.1. The fraction of sp³-hybridized carbons (Fsp3) is 0.692. The first kappa shape index (κ1) is 21.8. The predicted octanol–water partition coefficient (Wildman–Crippen LogP) is 3.36. The minimum absolute atomic E-state index is 0.222. The number of ether oxygens (including phenoxy) is 1. The number of rotatable bonds is 4. The molecule has 27 heavy (non-hydrogen) atoms. The third kappa shape index (κ3) is 4.86. The maximum atomic E-state index is 13.2. The number of hydrogen-bond donors (Lipinski definition) is 0. The van der Waals surface area contributed by atoms with Crippen molar-refractivity contribution in [3.8, 4) is 5.88 Å². The van der Waals surface area contributed by atoms with Crippen LogP contribution in [0.25, 0.3) is 0 Å². The molecule has 0 amide bonds. The molecule has 0 radical (unpaired) electrons. The van der Waals surface area contributed by atoms with Crippen LogP contribution >= 0.6 is 11.6 Å². The zero-order valence-electron chi connectivity index (χ0n) is 14.1. The molecule has 2 rings (SSSR count). The summed E-state index contributed by atoms with van der Waals surface area (Å²) < 4.78 is 94.3. The van der Waals surface area contributed by atoms with Crippen LogP contribution in [0.4, 0.5) is 26.3 Å². The SMILES string of the molecule is Cn1nc(C(F)(F)F)c(CS(=O)C2=NOC(C)(C)C2Cl)c1OCC(F)(F)F. The predicted molar refractivity (Wildman–Crippen MR) is 83.8 cm³/mol. The highest BCUT2D eigenvalue weighted by Crippen LogP contribution is 2.38. The summed E-state index contributed by atoms with van der Waals surface area (Å²) in [6, 6.07) is 0. The highest BCUT2D eigenvalue weighted by atomic mass is 35.5. The minimum atomic E-state index is -5.00. The second-order valence-corrected chi connectivity index (χ2v) is 7.97. The Morgan fingerprint density at radius 1 is 1.30 bits per heavy atom. The zero-order chi connectivity index (χ0) is 20.8. The molecule has 0 saturated carbocycles. The summed E-state index contributed by atoms with van der Waals surface area (Å²) in [6.07, 6.45) is -9.78. The molecule has 2 atom stereocenters. The van der Waals surface area contributed by atoms with E-state index in [0.29, 0.717) is 4.68 Å². The molecule has 0 fully saturated rings. The van der Waals surface area contributed by atoms with Crippen LogP contribution in [0.15, 0.2) is 5.16 Å². The Balaban J connectivity index is 2.37. The van der Waals surface area contributed by atoms with E-state index in [4.69, 9.17) is 16.4 Å². The Labute approximate surface area is 156 Å². The topological polar surface area (TPSA) is 65.7 Å². The quantitative estimate of drug-likeness (QED) is 0.531. The molecule has 0 bridgehead atoms. The van der Waals surface area contributed by atoms with E-state index in [-0.39, 0.29) is 5.04 Å². The van der Waals surface area contributed by atoms with Crippen molar-refractivity contribution in [2.24, 2.45) is 12.2 Å². The van der Waals surface area contributed by atoms with Crippen LogP contribution in [-0.2, 0) is 34.6 Å². The normalized spacial score (nSPS) is 21.0. The second kappa shape index (κ2) is 7.15. The molecule has 2 heterocycles. The van der Waals surface area contributed by atoms with Gasteiger partial charge in [0.2, 0.25) is 5.88 Å². The van der Waals surface area contributed by atoms with Gasteiger partial charge in [-0.1, -0.05) is 5.16 Å². The number of aromatic nitrogens is 2. The van der Waals surface area contributed by atoms with E-state index < -0.39 is 63.6 Å². The Hall–Kier alpha value is -1.50. The molecule has 154 valence electrons. The maximum absolute atomic E-state index is 13.2. The fourth-order valence-electron chi connectivity index (χ4n) is 2.16. The fourth-order valence-corrected chi connectivity index (χ4v) is 3.84. The summed E-state index contributed by atoms with van der Waals surface area (Å²) in [5.74, 6) is -1.64. The molecule has 14 heteroatoms. The van der Waals surface area contributed by atoms with Gasteiger partial charge in [0, 0.05) is 7.05 Å². The number of nitrogens with zero attached hydrogens (tertiary/aromatic N) is 3. The van der Waals surface area contributed by atoms with Gasteiger partial charge in [-0.25, -0.2) is 4.68 Å². The Morgan fingerprint density at radius 2 is 1.89 bits per heavy atom. The van der Waals surface area contributed by atoms with Crippen molar-refractivity contribution in [2.45, 2.75) is 42.9 Å². The van der Waals surface area contributed by atoms with Gasteiger partial charge in [-0.05, 0) is 13.8 Å². The minimum Gasteiger partial charge on any atom is -0.468 e. The van der Waals surface area contributed by atoms with Gasteiger partial charge >= 0.3 is 12.4 Å².